The Balaban J connectivity index is 2.66. The Labute approximate surface area is 127 Å². The Hall–Kier alpha value is -1.36. The molecule has 1 aromatic rings. The molecular weight excluding hydrogens is 324 g/mol. The van der Waals surface area contributed by atoms with Crippen molar-refractivity contribution in [2.24, 2.45) is 0 Å². The summed E-state index contributed by atoms with van der Waals surface area (Å²) in [6.07, 6.45) is 1.16. The van der Waals surface area contributed by atoms with Gasteiger partial charge >= 0.3 is 11.9 Å². The number of rotatable bonds is 7. The number of halogens is 1. The molecule has 110 valence electrons. The third-order valence-electron chi connectivity index (χ3n) is 2.59. The second-order valence-electron chi connectivity index (χ2n) is 4.25. The van der Waals surface area contributed by atoms with Gasteiger partial charge in [0, 0.05) is 10.9 Å². The molecule has 0 bridgehead atoms. The molecule has 20 heavy (non-hydrogen) atoms. The average molecular weight is 343 g/mol. The molecular formula is C15H19BrO4. The normalized spacial score (nSPS) is 10.2. The fraction of sp³-hybridized carbons (Fsp3) is 0.467. The van der Waals surface area contributed by atoms with E-state index < -0.39 is 0 Å². The first-order chi connectivity index (χ1) is 9.55. The highest BCUT2D eigenvalue weighted by Gasteiger charge is 2.08. The van der Waals surface area contributed by atoms with Crippen LogP contribution in [0.25, 0.3) is 0 Å². The maximum absolute atomic E-state index is 11.5. The molecule has 5 heteroatoms. The van der Waals surface area contributed by atoms with Crippen LogP contribution >= 0.6 is 15.9 Å². The fourth-order valence-corrected chi connectivity index (χ4v) is 2.41. The Morgan fingerprint density at radius 2 is 1.60 bits per heavy atom. The van der Waals surface area contributed by atoms with Crippen molar-refractivity contribution in [3.05, 3.63) is 33.8 Å². The van der Waals surface area contributed by atoms with Crippen molar-refractivity contribution >= 4 is 27.9 Å². The van der Waals surface area contributed by atoms with E-state index in [2.05, 4.69) is 15.9 Å². The fourth-order valence-electron chi connectivity index (χ4n) is 1.82. The van der Waals surface area contributed by atoms with Crippen LogP contribution in [0.2, 0.25) is 0 Å². The van der Waals surface area contributed by atoms with Gasteiger partial charge in [0.1, 0.15) is 0 Å². The first-order valence-electron chi connectivity index (χ1n) is 6.64. The molecule has 0 aromatic heterocycles. The molecule has 1 aromatic carbocycles. The van der Waals surface area contributed by atoms with E-state index in [1.165, 1.54) is 0 Å². The van der Waals surface area contributed by atoms with Crippen LogP contribution < -0.4 is 0 Å². The SMILES string of the molecule is CCOC(=O)CCc1cc(Br)cc(CC(=O)OCC)c1. The predicted molar refractivity (Wildman–Crippen MR) is 79.4 cm³/mol. The molecule has 0 saturated carbocycles. The third kappa shape index (κ3) is 6.19. The molecule has 0 N–H and O–H groups in total. The lowest BCUT2D eigenvalue weighted by molar-refractivity contribution is -0.143. The number of carbonyl (C=O) groups is 2. The van der Waals surface area contributed by atoms with E-state index in [0.29, 0.717) is 26.1 Å². The average Bonchev–Trinajstić information content (AvgIpc) is 2.36. The lowest BCUT2D eigenvalue weighted by Crippen LogP contribution is -2.08. The maximum Gasteiger partial charge on any atom is 0.310 e. The van der Waals surface area contributed by atoms with Gasteiger partial charge < -0.3 is 9.47 Å². The first kappa shape index (κ1) is 16.7. The zero-order chi connectivity index (χ0) is 15.0. The van der Waals surface area contributed by atoms with Crippen LogP contribution in [0.1, 0.15) is 31.4 Å². The second kappa shape index (κ2) is 8.74. The van der Waals surface area contributed by atoms with E-state index in [4.69, 9.17) is 9.47 Å². The molecule has 0 aliphatic carbocycles. The zero-order valence-electron chi connectivity index (χ0n) is 11.8. The molecule has 0 atom stereocenters. The molecule has 0 aliphatic rings. The van der Waals surface area contributed by atoms with Gasteiger partial charge in [0.25, 0.3) is 0 Å². The molecule has 0 spiro atoms. The van der Waals surface area contributed by atoms with Gasteiger partial charge in [0.2, 0.25) is 0 Å². The topological polar surface area (TPSA) is 52.6 Å². The highest BCUT2D eigenvalue weighted by atomic mass is 79.9. The molecule has 4 nitrogen and oxygen atoms in total. The van der Waals surface area contributed by atoms with Crippen molar-refractivity contribution in [3.8, 4) is 0 Å². The number of esters is 2. The van der Waals surface area contributed by atoms with E-state index in [0.717, 1.165) is 15.6 Å². The van der Waals surface area contributed by atoms with Crippen molar-refractivity contribution in [2.45, 2.75) is 33.1 Å². The first-order valence-corrected chi connectivity index (χ1v) is 7.44. The van der Waals surface area contributed by atoms with Gasteiger partial charge in [0.15, 0.2) is 0 Å². The number of hydrogen-bond donors (Lipinski definition) is 0. The van der Waals surface area contributed by atoms with Crippen molar-refractivity contribution < 1.29 is 19.1 Å². The molecule has 1 rings (SSSR count). The standard InChI is InChI=1S/C15H19BrO4/c1-3-19-14(17)6-5-11-7-12(9-13(16)8-11)10-15(18)20-4-2/h7-9H,3-6,10H2,1-2H3. The molecule has 0 radical (unpaired) electrons. The smallest absolute Gasteiger partial charge is 0.310 e. The van der Waals surface area contributed by atoms with Gasteiger partial charge in [-0.1, -0.05) is 22.0 Å². The lowest BCUT2D eigenvalue weighted by atomic mass is 10.0. The molecule has 0 aliphatic heterocycles. The summed E-state index contributed by atoms with van der Waals surface area (Å²) in [4.78, 5) is 22.8. The molecule has 0 heterocycles. The van der Waals surface area contributed by atoms with Crippen LogP contribution in [-0.2, 0) is 31.9 Å². The van der Waals surface area contributed by atoms with E-state index >= 15 is 0 Å². The van der Waals surface area contributed by atoms with Crippen molar-refractivity contribution in [1.82, 2.24) is 0 Å². The summed E-state index contributed by atoms with van der Waals surface area (Å²) in [6, 6.07) is 5.74. The monoisotopic (exact) mass is 342 g/mol. The van der Waals surface area contributed by atoms with E-state index in [1.807, 2.05) is 18.2 Å². The van der Waals surface area contributed by atoms with Gasteiger partial charge in [-0.2, -0.15) is 0 Å². The Morgan fingerprint density at radius 1 is 1.00 bits per heavy atom. The van der Waals surface area contributed by atoms with Crippen molar-refractivity contribution in [3.63, 3.8) is 0 Å². The number of benzene rings is 1. The van der Waals surface area contributed by atoms with Crippen LogP contribution in [0.15, 0.2) is 22.7 Å². The van der Waals surface area contributed by atoms with Gasteiger partial charge in [-0.25, -0.2) is 0 Å². The number of aryl methyl sites for hydroxylation is 1. The Kier molecular flexibility index (Phi) is 7.30. The number of hydrogen-bond acceptors (Lipinski definition) is 4. The minimum atomic E-state index is -0.248. The third-order valence-corrected chi connectivity index (χ3v) is 3.05. The molecule has 0 fully saturated rings. The molecule has 0 saturated heterocycles. The minimum absolute atomic E-state index is 0.209. The summed E-state index contributed by atoms with van der Waals surface area (Å²) in [5.74, 6) is -0.457. The predicted octanol–water partition coefficient (Wildman–Crippen LogP) is 3.05. The van der Waals surface area contributed by atoms with Crippen LogP contribution in [0, 0.1) is 0 Å². The highest BCUT2D eigenvalue weighted by molar-refractivity contribution is 9.10. The van der Waals surface area contributed by atoms with Crippen molar-refractivity contribution in [1.29, 1.82) is 0 Å². The van der Waals surface area contributed by atoms with Gasteiger partial charge in [-0.3, -0.25) is 9.59 Å². The van der Waals surface area contributed by atoms with Crippen molar-refractivity contribution in [2.75, 3.05) is 13.2 Å². The molecule has 0 amide bonds. The summed E-state index contributed by atoms with van der Waals surface area (Å²) in [5, 5.41) is 0. The van der Waals surface area contributed by atoms with E-state index in [-0.39, 0.29) is 18.4 Å². The van der Waals surface area contributed by atoms with E-state index in [1.54, 1.807) is 13.8 Å². The second-order valence-corrected chi connectivity index (χ2v) is 5.17. The van der Waals surface area contributed by atoms with Gasteiger partial charge in [0.05, 0.1) is 19.6 Å². The van der Waals surface area contributed by atoms with E-state index in [9.17, 15) is 9.59 Å². The summed E-state index contributed by atoms with van der Waals surface area (Å²) in [6.45, 7) is 4.34. The Bertz CT molecular complexity index is 471. The number of ether oxygens (including phenoxy) is 2. The maximum atomic E-state index is 11.5. The minimum Gasteiger partial charge on any atom is -0.466 e. The van der Waals surface area contributed by atoms with Crippen LogP contribution in [0.4, 0.5) is 0 Å². The summed E-state index contributed by atoms with van der Waals surface area (Å²) in [5.41, 5.74) is 1.86. The zero-order valence-corrected chi connectivity index (χ0v) is 13.4. The van der Waals surface area contributed by atoms with Crippen LogP contribution in [-0.4, -0.2) is 25.2 Å². The lowest BCUT2D eigenvalue weighted by Gasteiger charge is -2.07. The number of carbonyl (C=O) groups excluding carboxylic acids is 2. The largest absolute Gasteiger partial charge is 0.466 e. The summed E-state index contributed by atoms with van der Waals surface area (Å²) >= 11 is 3.41. The molecule has 0 unspecified atom stereocenters. The van der Waals surface area contributed by atoms with Crippen LogP contribution in [0.3, 0.4) is 0 Å². The van der Waals surface area contributed by atoms with Crippen LogP contribution in [0.5, 0.6) is 0 Å². The summed E-state index contributed by atoms with van der Waals surface area (Å²) in [7, 11) is 0. The summed E-state index contributed by atoms with van der Waals surface area (Å²) < 4.78 is 10.7. The highest BCUT2D eigenvalue weighted by Crippen LogP contribution is 2.18. The van der Waals surface area contributed by atoms with Gasteiger partial charge in [-0.15, -0.1) is 0 Å². The Morgan fingerprint density at radius 3 is 2.25 bits per heavy atom. The van der Waals surface area contributed by atoms with Gasteiger partial charge in [-0.05, 0) is 43.5 Å². The quantitative estimate of drug-likeness (QED) is 0.714.